The van der Waals surface area contributed by atoms with Crippen LogP contribution in [0, 0.1) is 34.5 Å². The second-order valence-corrected chi connectivity index (χ2v) is 11.5. The summed E-state index contributed by atoms with van der Waals surface area (Å²) in [7, 11) is 0. The molecule has 2 aromatic rings. The molecule has 6 rings (SSSR count). The molecular weight excluding hydrogens is 408 g/mol. The molecule has 3 heterocycles. The van der Waals surface area contributed by atoms with Gasteiger partial charge in [-0.3, -0.25) is 9.78 Å². The molecule has 5 heteroatoms. The van der Waals surface area contributed by atoms with E-state index in [4.69, 9.17) is 0 Å². The Kier molecular flexibility index (Phi) is 4.83. The van der Waals surface area contributed by atoms with Crippen LogP contribution in [-0.4, -0.2) is 20.4 Å². The maximum Gasteiger partial charge on any atom is 0.224 e. The summed E-state index contributed by atoms with van der Waals surface area (Å²) in [6.07, 6.45) is 19.6. The van der Waals surface area contributed by atoms with Crippen molar-refractivity contribution < 1.29 is 4.79 Å². The van der Waals surface area contributed by atoms with Gasteiger partial charge in [0, 0.05) is 42.2 Å². The Morgan fingerprint density at radius 3 is 2.73 bits per heavy atom. The van der Waals surface area contributed by atoms with Crippen molar-refractivity contribution in [3.8, 4) is 0 Å². The summed E-state index contributed by atoms with van der Waals surface area (Å²) in [5.74, 6) is 3.55. The first kappa shape index (κ1) is 21.1. The molecule has 0 bridgehead atoms. The Bertz CT molecular complexity index is 1080. The van der Waals surface area contributed by atoms with Crippen molar-refractivity contribution in [3.63, 3.8) is 0 Å². The van der Waals surface area contributed by atoms with Gasteiger partial charge in [0.15, 0.2) is 0 Å². The molecule has 1 N–H and O–H groups in total. The number of aromatic nitrogens is 3. The minimum absolute atomic E-state index is 0.0191. The largest absolute Gasteiger partial charge is 0.349 e. The van der Waals surface area contributed by atoms with Gasteiger partial charge in [0.2, 0.25) is 5.91 Å². The fourth-order valence-corrected chi connectivity index (χ4v) is 8.50. The zero-order chi connectivity index (χ0) is 22.8. The van der Waals surface area contributed by atoms with Crippen LogP contribution < -0.4 is 5.32 Å². The number of nitrogens with one attached hydrogen (secondary N) is 1. The van der Waals surface area contributed by atoms with Crippen LogP contribution in [0.5, 0.6) is 0 Å². The van der Waals surface area contributed by atoms with E-state index in [2.05, 4.69) is 59.0 Å². The molecule has 2 unspecified atom stereocenters. The van der Waals surface area contributed by atoms with E-state index in [0.29, 0.717) is 17.9 Å². The summed E-state index contributed by atoms with van der Waals surface area (Å²) in [4.78, 5) is 22.2. The molecule has 0 aromatic carbocycles. The number of pyridine rings is 1. The average Bonchev–Trinajstić information content (AvgIpc) is 3.43. The third-order valence-electron chi connectivity index (χ3n) is 10.2. The third kappa shape index (κ3) is 3.07. The van der Waals surface area contributed by atoms with Crippen LogP contribution in [0.15, 0.2) is 43.0 Å². The van der Waals surface area contributed by atoms with E-state index in [0.717, 1.165) is 30.1 Å². The highest BCUT2D eigenvalue weighted by molar-refractivity contribution is 5.80. The van der Waals surface area contributed by atoms with Crippen molar-refractivity contribution in [2.45, 2.75) is 71.4 Å². The Labute approximate surface area is 197 Å². The topological polar surface area (TPSA) is 59.8 Å². The Morgan fingerprint density at radius 2 is 1.91 bits per heavy atom. The maximum atomic E-state index is 13.5. The summed E-state index contributed by atoms with van der Waals surface area (Å²) in [5.41, 5.74) is 1.43. The zero-order valence-electron chi connectivity index (χ0n) is 20.1. The van der Waals surface area contributed by atoms with Gasteiger partial charge in [-0.1, -0.05) is 19.9 Å². The maximum absolute atomic E-state index is 13.5. The van der Waals surface area contributed by atoms with Crippen LogP contribution in [0.1, 0.15) is 82.8 Å². The highest BCUT2D eigenvalue weighted by atomic mass is 16.2. The van der Waals surface area contributed by atoms with Gasteiger partial charge in [-0.15, -0.1) is 0 Å². The van der Waals surface area contributed by atoms with Crippen LogP contribution in [0.3, 0.4) is 0 Å². The van der Waals surface area contributed by atoms with Crippen molar-refractivity contribution >= 4 is 12.0 Å². The Morgan fingerprint density at radius 1 is 1.09 bits per heavy atom. The average molecular weight is 445 g/mol. The van der Waals surface area contributed by atoms with Crippen molar-refractivity contribution in [2.24, 2.45) is 34.5 Å². The molecular formula is C28H36N4O. The number of imidazole rings is 1. The zero-order valence-corrected chi connectivity index (χ0v) is 20.1. The lowest BCUT2D eigenvalue weighted by Crippen LogP contribution is -2.53. The second-order valence-electron chi connectivity index (χ2n) is 11.5. The minimum atomic E-state index is 0.0191. The Balaban J connectivity index is 1.22. The summed E-state index contributed by atoms with van der Waals surface area (Å²) in [6.45, 7) is 7.01. The van der Waals surface area contributed by atoms with Crippen LogP contribution >= 0.6 is 0 Å². The van der Waals surface area contributed by atoms with E-state index in [1.807, 2.05) is 18.3 Å². The first-order chi connectivity index (χ1) is 15.9. The second kappa shape index (κ2) is 7.54. The molecule has 2 aromatic heterocycles. The van der Waals surface area contributed by atoms with E-state index < -0.39 is 0 Å². The van der Waals surface area contributed by atoms with Crippen molar-refractivity contribution in [2.75, 3.05) is 0 Å². The lowest BCUT2D eigenvalue weighted by molar-refractivity contribution is -0.133. The molecule has 5 nitrogen and oxygen atoms in total. The van der Waals surface area contributed by atoms with Crippen LogP contribution in [0.2, 0.25) is 0 Å². The van der Waals surface area contributed by atoms with E-state index in [1.54, 1.807) is 12.4 Å². The number of rotatable bonds is 3. The van der Waals surface area contributed by atoms with Gasteiger partial charge in [0.05, 0.1) is 6.04 Å². The molecule has 8 atom stereocenters. The SMILES string of the molecule is CC(NC(=O)[C@H]1CC[C@H]2[C@@H]3CCC4n5ccnc5C=C[C@]4(C)[C@H]3CC[C@]12C)c1ccncc1. The number of allylic oxidation sites excluding steroid dienone is 1. The van der Waals surface area contributed by atoms with E-state index in [-0.39, 0.29) is 28.7 Å². The van der Waals surface area contributed by atoms with Crippen molar-refractivity contribution in [3.05, 3.63) is 54.4 Å². The van der Waals surface area contributed by atoms with E-state index >= 15 is 0 Å². The standard InChI is InChI=1S/C28H36N4O/c1-18(19-10-14-29-15-11-19)31-26(33)23-6-5-21-20-4-7-24-28(3,22(20)8-12-27(21,23)2)13-9-25-30-16-17-32(24)25/h9-11,13-18,20-24H,4-8,12H2,1-3H3,(H,31,33)/t18?,20-,21-,22-,23+,24?,27-,28+/m0/s1. The van der Waals surface area contributed by atoms with Crippen LogP contribution in [0.25, 0.3) is 6.08 Å². The van der Waals surface area contributed by atoms with Gasteiger partial charge in [0.25, 0.3) is 0 Å². The lowest BCUT2D eigenvalue weighted by Gasteiger charge is -2.59. The Hall–Kier alpha value is -2.43. The highest BCUT2D eigenvalue weighted by Crippen LogP contribution is 2.67. The van der Waals surface area contributed by atoms with Gasteiger partial charge in [-0.05, 0) is 92.4 Å². The smallest absolute Gasteiger partial charge is 0.224 e. The molecule has 4 aliphatic rings. The summed E-state index contributed by atoms with van der Waals surface area (Å²) in [6, 6.07) is 4.54. The van der Waals surface area contributed by atoms with Gasteiger partial charge in [-0.25, -0.2) is 4.98 Å². The van der Waals surface area contributed by atoms with Crippen molar-refractivity contribution in [1.82, 2.24) is 19.9 Å². The fraction of sp³-hybridized carbons (Fsp3) is 0.607. The predicted molar refractivity (Wildman–Crippen MR) is 129 cm³/mol. The number of hydrogen-bond donors (Lipinski definition) is 1. The van der Waals surface area contributed by atoms with Gasteiger partial charge >= 0.3 is 0 Å². The van der Waals surface area contributed by atoms with Crippen LogP contribution in [0.4, 0.5) is 0 Å². The molecule has 33 heavy (non-hydrogen) atoms. The molecule has 3 aliphatic carbocycles. The van der Waals surface area contributed by atoms with Crippen LogP contribution in [-0.2, 0) is 4.79 Å². The number of amides is 1. The molecule has 174 valence electrons. The number of nitrogens with zero attached hydrogens (tertiary/aromatic N) is 3. The number of carbonyl (C=O) groups is 1. The van der Waals surface area contributed by atoms with E-state index in [1.165, 1.54) is 25.7 Å². The number of hydrogen-bond acceptors (Lipinski definition) is 3. The fourth-order valence-electron chi connectivity index (χ4n) is 8.50. The quantitative estimate of drug-likeness (QED) is 0.672. The normalized spacial score (nSPS) is 39.7. The van der Waals surface area contributed by atoms with Gasteiger partial charge in [-0.2, -0.15) is 0 Å². The summed E-state index contributed by atoms with van der Waals surface area (Å²) >= 11 is 0. The highest BCUT2D eigenvalue weighted by Gasteiger charge is 2.61. The molecule has 0 spiro atoms. The summed E-state index contributed by atoms with van der Waals surface area (Å²) < 4.78 is 2.43. The molecule has 3 saturated carbocycles. The number of carbonyl (C=O) groups excluding carboxylic acids is 1. The van der Waals surface area contributed by atoms with Gasteiger partial charge < -0.3 is 9.88 Å². The number of fused-ring (bicyclic) bond motifs is 7. The van der Waals surface area contributed by atoms with Gasteiger partial charge in [0.1, 0.15) is 5.82 Å². The monoisotopic (exact) mass is 444 g/mol. The van der Waals surface area contributed by atoms with Crippen molar-refractivity contribution in [1.29, 1.82) is 0 Å². The predicted octanol–water partition coefficient (Wildman–Crippen LogP) is 5.58. The lowest BCUT2D eigenvalue weighted by atomic mass is 9.48. The molecule has 0 radical (unpaired) electrons. The molecule has 3 fully saturated rings. The van der Waals surface area contributed by atoms with E-state index in [9.17, 15) is 4.79 Å². The minimum Gasteiger partial charge on any atom is -0.349 e. The summed E-state index contributed by atoms with van der Waals surface area (Å²) in [5, 5.41) is 3.34. The molecule has 1 aliphatic heterocycles. The molecule has 0 saturated heterocycles. The first-order valence-electron chi connectivity index (χ1n) is 12.8. The third-order valence-corrected chi connectivity index (χ3v) is 10.2. The molecule has 1 amide bonds. The first-order valence-corrected chi connectivity index (χ1v) is 12.8.